The van der Waals surface area contributed by atoms with Crippen LogP contribution in [0.1, 0.15) is 25.0 Å². The molecule has 2 aromatic carbocycles. The lowest BCUT2D eigenvalue weighted by atomic mass is 9.61. The van der Waals surface area contributed by atoms with Crippen molar-refractivity contribution in [1.82, 2.24) is 0 Å². The number of carbonyl (C=O) groups is 1. The summed E-state index contributed by atoms with van der Waals surface area (Å²) in [6, 6.07) is 14.7. The number of rotatable bonds is 2. The molecule has 0 radical (unpaired) electrons. The summed E-state index contributed by atoms with van der Waals surface area (Å²) < 4.78 is 4.82. The monoisotopic (exact) mass is 312 g/mol. The predicted octanol–water partition coefficient (Wildman–Crippen LogP) is 2.57. The summed E-state index contributed by atoms with van der Waals surface area (Å²) in [5.41, 5.74) is -0.627. The van der Waals surface area contributed by atoms with Gasteiger partial charge in [0.25, 0.3) is 0 Å². The Balaban J connectivity index is 2.36. The Hall–Kier alpha value is -2.17. The molecule has 0 aliphatic heterocycles. The van der Waals surface area contributed by atoms with Gasteiger partial charge in [-0.3, -0.25) is 4.79 Å². The summed E-state index contributed by atoms with van der Waals surface area (Å²) in [4.78, 5) is 12.1. The molecule has 0 heterocycles. The molecule has 0 saturated heterocycles. The van der Waals surface area contributed by atoms with E-state index in [1.165, 1.54) is 7.11 Å². The number of ether oxygens (including phenoxy) is 1. The quantitative estimate of drug-likeness (QED) is 0.837. The number of benzene rings is 2. The molecule has 1 aliphatic rings. The van der Waals surface area contributed by atoms with Crippen LogP contribution < -0.4 is 0 Å². The van der Waals surface area contributed by atoms with Crippen molar-refractivity contribution in [1.29, 1.82) is 0 Å². The van der Waals surface area contributed by atoms with Gasteiger partial charge in [0, 0.05) is 0 Å². The fourth-order valence-corrected chi connectivity index (χ4v) is 3.66. The Morgan fingerprint density at radius 3 is 2.04 bits per heavy atom. The van der Waals surface area contributed by atoms with Gasteiger partial charge in [0.2, 0.25) is 0 Å². The van der Waals surface area contributed by atoms with Crippen LogP contribution in [0.25, 0.3) is 11.1 Å². The van der Waals surface area contributed by atoms with Gasteiger partial charge in [0.05, 0.1) is 13.0 Å². The molecule has 0 spiro atoms. The van der Waals surface area contributed by atoms with Crippen molar-refractivity contribution in [2.75, 3.05) is 7.11 Å². The minimum Gasteiger partial charge on any atom is -0.469 e. The number of esters is 1. The molecule has 0 unspecified atom stereocenters. The molecular weight excluding hydrogens is 292 g/mol. The first-order valence-corrected chi connectivity index (χ1v) is 7.57. The van der Waals surface area contributed by atoms with E-state index < -0.39 is 23.1 Å². The molecule has 0 aromatic heterocycles. The van der Waals surface area contributed by atoms with E-state index in [9.17, 15) is 15.0 Å². The van der Waals surface area contributed by atoms with Crippen LogP contribution in [0.3, 0.4) is 0 Å². The summed E-state index contributed by atoms with van der Waals surface area (Å²) in [5, 5.41) is 22.8. The third-order valence-corrected chi connectivity index (χ3v) is 5.00. The van der Waals surface area contributed by atoms with Gasteiger partial charge in [0.15, 0.2) is 0 Å². The number of methoxy groups -OCH3 is 1. The molecule has 2 N–H and O–H groups in total. The summed E-state index contributed by atoms with van der Waals surface area (Å²) in [6.07, 6.45) is 0. The first-order chi connectivity index (χ1) is 10.9. The van der Waals surface area contributed by atoms with Crippen LogP contribution in [0.15, 0.2) is 48.5 Å². The Labute approximate surface area is 135 Å². The topological polar surface area (TPSA) is 66.8 Å². The number of hydrogen-bond donors (Lipinski definition) is 2. The van der Waals surface area contributed by atoms with Crippen LogP contribution in [0.4, 0.5) is 0 Å². The molecule has 0 fully saturated rings. The summed E-state index contributed by atoms with van der Waals surface area (Å²) in [5.74, 6) is -1.50. The zero-order chi connectivity index (χ0) is 16.8. The molecule has 3 rings (SSSR count). The second-order valence-electron chi connectivity index (χ2n) is 6.17. The second kappa shape index (κ2) is 5.18. The minimum absolute atomic E-state index is 0.529. The van der Waals surface area contributed by atoms with E-state index in [1.54, 1.807) is 32.0 Å². The van der Waals surface area contributed by atoms with Crippen LogP contribution in [0, 0.1) is 5.92 Å². The van der Waals surface area contributed by atoms with E-state index in [4.69, 9.17) is 4.74 Å². The number of hydrogen-bond acceptors (Lipinski definition) is 4. The van der Waals surface area contributed by atoms with Gasteiger partial charge < -0.3 is 14.9 Å². The number of carbonyl (C=O) groups excluding carboxylic acids is 1. The maximum absolute atomic E-state index is 12.1. The highest BCUT2D eigenvalue weighted by atomic mass is 16.5. The summed E-state index contributed by atoms with van der Waals surface area (Å²) in [6.45, 7) is 3.12. The molecule has 1 aliphatic carbocycles. The van der Waals surface area contributed by atoms with Gasteiger partial charge in [0.1, 0.15) is 11.2 Å². The average Bonchev–Trinajstić information content (AvgIpc) is 2.58. The summed E-state index contributed by atoms with van der Waals surface area (Å²) in [7, 11) is 1.28. The van der Waals surface area contributed by atoms with Crippen LogP contribution in [0.5, 0.6) is 0 Å². The highest BCUT2D eigenvalue weighted by Crippen LogP contribution is 2.54. The van der Waals surface area contributed by atoms with E-state index in [1.807, 2.05) is 30.3 Å². The Morgan fingerprint density at radius 1 is 1.00 bits per heavy atom. The lowest BCUT2D eigenvalue weighted by Crippen LogP contribution is -2.56. The van der Waals surface area contributed by atoms with Crippen molar-refractivity contribution in [3.05, 3.63) is 59.7 Å². The van der Waals surface area contributed by atoms with E-state index in [0.29, 0.717) is 11.1 Å². The van der Waals surface area contributed by atoms with Crippen molar-refractivity contribution in [2.24, 2.45) is 5.92 Å². The second-order valence-corrected chi connectivity index (χ2v) is 6.17. The van der Waals surface area contributed by atoms with Crippen molar-refractivity contribution in [3.63, 3.8) is 0 Å². The molecule has 0 amide bonds. The minimum atomic E-state index is -1.79. The van der Waals surface area contributed by atoms with Crippen LogP contribution in [-0.4, -0.2) is 23.3 Å². The average molecular weight is 312 g/mol. The molecule has 120 valence electrons. The van der Waals surface area contributed by atoms with Crippen LogP contribution >= 0.6 is 0 Å². The maximum atomic E-state index is 12.1. The summed E-state index contributed by atoms with van der Waals surface area (Å²) >= 11 is 0. The zero-order valence-corrected chi connectivity index (χ0v) is 13.4. The van der Waals surface area contributed by atoms with Gasteiger partial charge in [-0.1, -0.05) is 48.5 Å². The Bertz CT molecular complexity index is 765. The highest BCUT2D eigenvalue weighted by Gasteiger charge is 2.58. The van der Waals surface area contributed by atoms with Crippen molar-refractivity contribution in [3.8, 4) is 11.1 Å². The van der Waals surface area contributed by atoms with E-state index in [0.717, 1.165) is 11.1 Å². The molecule has 0 bridgehead atoms. The molecule has 2 aromatic rings. The molecule has 23 heavy (non-hydrogen) atoms. The SMILES string of the molecule is COC(=O)[C@@H](C)[C@]1(O)c2ccccc2-c2ccccc2[C@@]1(C)O. The fraction of sp³-hybridized carbons (Fsp3) is 0.316. The van der Waals surface area contributed by atoms with Gasteiger partial charge in [-0.15, -0.1) is 0 Å². The molecule has 3 atom stereocenters. The number of aliphatic hydroxyl groups is 2. The standard InChI is InChI=1S/C19H20O4/c1-12(17(20)23-3)19(22)16-11-7-5-9-14(16)13-8-4-6-10-15(13)18(19,2)21/h4-12,21-22H,1-3H3/t12-,18-,19+/m1/s1. The Kier molecular flexibility index (Phi) is 3.54. The molecule has 4 heteroatoms. The van der Waals surface area contributed by atoms with Crippen LogP contribution in [0.2, 0.25) is 0 Å². The van der Waals surface area contributed by atoms with Crippen molar-refractivity contribution >= 4 is 5.97 Å². The lowest BCUT2D eigenvalue weighted by Gasteiger charge is -2.49. The van der Waals surface area contributed by atoms with Crippen molar-refractivity contribution < 1.29 is 19.7 Å². The predicted molar refractivity (Wildman–Crippen MR) is 86.5 cm³/mol. The van der Waals surface area contributed by atoms with E-state index in [2.05, 4.69) is 0 Å². The van der Waals surface area contributed by atoms with Crippen LogP contribution in [-0.2, 0) is 20.7 Å². The van der Waals surface area contributed by atoms with Gasteiger partial charge in [-0.05, 0) is 36.1 Å². The van der Waals surface area contributed by atoms with E-state index in [-0.39, 0.29) is 0 Å². The molecule has 4 nitrogen and oxygen atoms in total. The number of fused-ring (bicyclic) bond motifs is 3. The maximum Gasteiger partial charge on any atom is 0.311 e. The largest absolute Gasteiger partial charge is 0.469 e. The molecular formula is C19H20O4. The van der Waals surface area contributed by atoms with Gasteiger partial charge in [-0.25, -0.2) is 0 Å². The zero-order valence-electron chi connectivity index (χ0n) is 13.4. The third-order valence-electron chi connectivity index (χ3n) is 5.00. The lowest BCUT2D eigenvalue weighted by molar-refractivity contribution is -0.199. The fourth-order valence-electron chi connectivity index (χ4n) is 3.66. The normalized spacial score (nSPS) is 26.8. The smallest absolute Gasteiger partial charge is 0.311 e. The molecule has 0 saturated carbocycles. The van der Waals surface area contributed by atoms with Gasteiger partial charge >= 0.3 is 5.97 Å². The first kappa shape index (κ1) is 15.7. The first-order valence-electron chi connectivity index (χ1n) is 7.57. The van der Waals surface area contributed by atoms with Crippen molar-refractivity contribution in [2.45, 2.75) is 25.0 Å². The third kappa shape index (κ3) is 1.95. The Morgan fingerprint density at radius 2 is 1.48 bits per heavy atom. The van der Waals surface area contributed by atoms with Gasteiger partial charge in [-0.2, -0.15) is 0 Å². The van der Waals surface area contributed by atoms with E-state index >= 15 is 0 Å². The highest BCUT2D eigenvalue weighted by molar-refractivity contribution is 5.81.